The molecule has 1 amide bonds. The number of carbonyl (C=O) groups excluding carboxylic acids is 1. The van der Waals surface area contributed by atoms with Crippen molar-refractivity contribution in [1.29, 1.82) is 0 Å². The van der Waals surface area contributed by atoms with E-state index in [4.69, 9.17) is 4.74 Å². The van der Waals surface area contributed by atoms with E-state index in [1.165, 1.54) is 12.8 Å². The molecular formula is C16H21NO2. The van der Waals surface area contributed by atoms with Gasteiger partial charge in [0.25, 0.3) is 0 Å². The van der Waals surface area contributed by atoms with Gasteiger partial charge in [0.15, 0.2) is 0 Å². The highest BCUT2D eigenvalue weighted by molar-refractivity contribution is 5.79. The Bertz CT molecular complexity index is 426. The maximum Gasteiger partial charge on any atom is 0.225 e. The minimum absolute atomic E-state index is 0.160. The molecule has 1 heterocycles. The molecule has 1 unspecified atom stereocenters. The lowest BCUT2D eigenvalue weighted by molar-refractivity contribution is -0.134. The number of hydrogen-bond acceptors (Lipinski definition) is 2. The van der Waals surface area contributed by atoms with Gasteiger partial charge in [0, 0.05) is 18.9 Å². The van der Waals surface area contributed by atoms with Crippen LogP contribution < -0.4 is 4.74 Å². The van der Waals surface area contributed by atoms with Crippen LogP contribution in [0.3, 0.4) is 0 Å². The van der Waals surface area contributed by atoms with Gasteiger partial charge in [-0.25, -0.2) is 0 Å². The van der Waals surface area contributed by atoms with Crippen molar-refractivity contribution < 1.29 is 9.53 Å². The van der Waals surface area contributed by atoms with Gasteiger partial charge in [-0.2, -0.15) is 0 Å². The maximum absolute atomic E-state index is 12.3. The standard InChI is InChI=1S/C16H21NO2/c18-16(13-6-4-5-7-13)17-11-10-15(12-17)19-14-8-2-1-3-9-14/h1-3,8-9,13,15H,4-7,10-12H2. The van der Waals surface area contributed by atoms with E-state index in [9.17, 15) is 4.79 Å². The smallest absolute Gasteiger partial charge is 0.225 e. The van der Waals surface area contributed by atoms with E-state index in [1.54, 1.807) is 0 Å². The second-order valence-electron chi connectivity index (χ2n) is 5.61. The lowest BCUT2D eigenvalue weighted by atomic mass is 10.1. The molecule has 3 heteroatoms. The van der Waals surface area contributed by atoms with Crippen molar-refractivity contribution >= 4 is 5.91 Å². The van der Waals surface area contributed by atoms with E-state index in [0.29, 0.717) is 5.91 Å². The fraction of sp³-hybridized carbons (Fsp3) is 0.562. The summed E-state index contributed by atoms with van der Waals surface area (Å²) in [7, 11) is 0. The average molecular weight is 259 g/mol. The molecule has 3 nitrogen and oxygen atoms in total. The molecular weight excluding hydrogens is 238 g/mol. The van der Waals surface area contributed by atoms with Crippen molar-refractivity contribution in [2.24, 2.45) is 5.92 Å². The molecule has 102 valence electrons. The van der Waals surface area contributed by atoms with Gasteiger partial charge in [-0.05, 0) is 25.0 Å². The number of likely N-dealkylation sites (tertiary alicyclic amines) is 1. The predicted molar refractivity (Wildman–Crippen MR) is 74.0 cm³/mol. The van der Waals surface area contributed by atoms with Crippen LogP contribution in [0.1, 0.15) is 32.1 Å². The summed E-state index contributed by atoms with van der Waals surface area (Å²) in [6.45, 7) is 1.61. The molecule has 0 spiro atoms. The van der Waals surface area contributed by atoms with E-state index in [-0.39, 0.29) is 12.0 Å². The van der Waals surface area contributed by atoms with Crippen molar-refractivity contribution in [3.63, 3.8) is 0 Å². The average Bonchev–Trinajstić information content (AvgIpc) is 3.10. The highest BCUT2D eigenvalue weighted by atomic mass is 16.5. The number of ether oxygens (including phenoxy) is 1. The van der Waals surface area contributed by atoms with Crippen LogP contribution in [0.25, 0.3) is 0 Å². The maximum atomic E-state index is 12.3. The molecule has 3 rings (SSSR count). The first kappa shape index (κ1) is 12.5. The first-order valence-corrected chi connectivity index (χ1v) is 7.33. The van der Waals surface area contributed by atoms with Crippen LogP contribution in [0.15, 0.2) is 30.3 Å². The second-order valence-corrected chi connectivity index (χ2v) is 5.61. The van der Waals surface area contributed by atoms with Gasteiger partial charge in [0.1, 0.15) is 11.9 Å². The number of rotatable bonds is 3. The van der Waals surface area contributed by atoms with Gasteiger partial charge < -0.3 is 9.64 Å². The van der Waals surface area contributed by atoms with Crippen LogP contribution in [-0.4, -0.2) is 30.0 Å². The Labute approximate surface area is 114 Å². The van der Waals surface area contributed by atoms with Gasteiger partial charge >= 0.3 is 0 Å². The van der Waals surface area contributed by atoms with Crippen LogP contribution >= 0.6 is 0 Å². The summed E-state index contributed by atoms with van der Waals surface area (Å²) in [4.78, 5) is 14.3. The second kappa shape index (κ2) is 5.64. The van der Waals surface area contributed by atoms with Crippen molar-refractivity contribution in [3.05, 3.63) is 30.3 Å². The first-order chi connectivity index (χ1) is 9.33. The molecule has 2 fully saturated rings. The van der Waals surface area contributed by atoms with Crippen LogP contribution in [0.5, 0.6) is 5.75 Å². The predicted octanol–water partition coefficient (Wildman–Crippen LogP) is 2.86. The highest BCUT2D eigenvalue weighted by Gasteiger charge is 2.32. The summed E-state index contributed by atoms with van der Waals surface area (Å²) in [5.74, 6) is 1.55. The number of nitrogens with zero attached hydrogens (tertiary/aromatic N) is 1. The number of carbonyl (C=O) groups is 1. The molecule has 1 aliphatic carbocycles. The molecule has 1 saturated heterocycles. The van der Waals surface area contributed by atoms with Crippen molar-refractivity contribution in [1.82, 2.24) is 4.90 Å². The molecule has 19 heavy (non-hydrogen) atoms. The van der Waals surface area contributed by atoms with Gasteiger partial charge in [0.2, 0.25) is 5.91 Å². The Morgan fingerprint density at radius 2 is 1.84 bits per heavy atom. The molecule has 1 aromatic carbocycles. The minimum atomic E-state index is 0.160. The Morgan fingerprint density at radius 1 is 1.11 bits per heavy atom. The van der Waals surface area contributed by atoms with E-state index >= 15 is 0 Å². The van der Waals surface area contributed by atoms with E-state index in [0.717, 1.165) is 38.1 Å². The topological polar surface area (TPSA) is 29.5 Å². The van der Waals surface area contributed by atoms with Crippen molar-refractivity contribution in [3.8, 4) is 5.75 Å². The third kappa shape index (κ3) is 2.91. The Hall–Kier alpha value is -1.51. The monoisotopic (exact) mass is 259 g/mol. The zero-order valence-electron chi connectivity index (χ0n) is 11.3. The number of amides is 1. The summed E-state index contributed by atoms with van der Waals surface area (Å²) in [6.07, 6.45) is 5.71. The normalized spacial score (nSPS) is 23.8. The molecule has 1 atom stereocenters. The molecule has 2 aliphatic rings. The zero-order chi connectivity index (χ0) is 13.1. The summed E-state index contributed by atoms with van der Waals surface area (Å²) in [5.41, 5.74) is 0. The third-order valence-electron chi connectivity index (χ3n) is 4.21. The SMILES string of the molecule is O=C(C1CCCC1)N1CCC(Oc2ccccc2)C1. The molecule has 1 aromatic rings. The van der Waals surface area contributed by atoms with Crippen molar-refractivity contribution in [2.45, 2.75) is 38.2 Å². The van der Waals surface area contributed by atoms with Gasteiger partial charge in [0.05, 0.1) is 6.54 Å². The molecule has 0 radical (unpaired) electrons. The Balaban J connectivity index is 1.53. The fourth-order valence-electron chi connectivity index (χ4n) is 3.15. The fourth-order valence-corrected chi connectivity index (χ4v) is 3.15. The largest absolute Gasteiger partial charge is 0.489 e. The van der Waals surface area contributed by atoms with Gasteiger partial charge in [-0.1, -0.05) is 31.0 Å². The third-order valence-corrected chi connectivity index (χ3v) is 4.21. The lowest BCUT2D eigenvalue weighted by Gasteiger charge is -2.20. The molecule has 0 aromatic heterocycles. The Morgan fingerprint density at radius 3 is 2.58 bits per heavy atom. The number of para-hydroxylation sites is 1. The van der Waals surface area contributed by atoms with E-state index in [2.05, 4.69) is 0 Å². The molecule has 0 N–H and O–H groups in total. The number of hydrogen-bond donors (Lipinski definition) is 0. The van der Waals surface area contributed by atoms with Crippen LogP contribution in [-0.2, 0) is 4.79 Å². The molecule has 0 bridgehead atoms. The summed E-state index contributed by atoms with van der Waals surface area (Å²) in [6, 6.07) is 9.89. The van der Waals surface area contributed by atoms with E-state index in [1.807, 2.05) is 35.2 Å². The van der Waals surface area contributed by atoms with Crippen LogP contribution in [0, 0.1) is 5.92 Å². The summed E-state index contributed by atoms with van der Waals surface area (Å²) < 4.78 is 5.92. The van der Waals surface area contributed by atoms with Gasteiger partial charge in [-0.3, -0.25) is 4.79 Å². The molecule has 1 aliphatic heterocycles. The van der Waals surface area contributed by atoms with Crippen LogP contribution in [0.2, 0.25) is 0 Å². The summed E-state index contributed by atoms with van der Waals surface area (Å²) >= 11 is 0. The first-order valence-electron chi connectivity index (χ1n) is 7.33. The highest BCUT2D eigenvalue weighted by Crippen LogP contribution is 2.28. The Kier molecular flexibility index (Phi) is 3.72. The zero-order valence-corrected chi connectivity index (χ0v) is 11.3. The van der Waals surface area contributed by atoms with Crippen molar-refractivity contribution in [2.75, 3.05) is 13.1 Å². The quantitative estimate of drug-likeness (QED) is 0.835. The van der Waals surface area contributed by atoms with Crippen LogP contribution in [0.4, 0.5) is 0 Å². The lowest BCUT2D eigenvalue weighted by Crippen LogP contribution is -2.34. The van der Waals surface area contributed by atoms with Gasteiger partial charge in [-0.15, -0.1) is 0 Å². The summed E-state index contributed by atoms with van der Waals surface area (Å²) in [5, 5.41) is 0. The minimum Gasteiger partial charge on any atom is -0.489 e. The number of benzene rings is 1. The molecule has 1 saturated carbocycles. The van der Waals surface area contributed by atoms with E-state index < -0.39 is 0 Å².